The van der Waals surface area contributed by atoms with Crippen molar-refractivity contribution < 1.29 is 33.4 Å². The van der Waals surface area contributed by atoms with Crippen molar-refractivity contribution in [3.63, 3.8) is 0 Å². The number of nitrogens with two attached hydrogens (primary N) is 1. The number of benzene rings is 2. The Hall–Kier alpha value is -5.32. The van der Waals surface area contributed by atoms with E-state index >= 15 is 0 Å². The van der Waals surface area contributed by atoms with Gasteiger partial charge in [0, 0.05) is 42.1 Å². The molecule has 0 aliphatic heterocycles. The molecule has 1 aromatic heterocycles. The average molecular weight is 641 g/mol. The van der Waals surface area contributed by atoms with Crippen molar-refractivity contribution in [3.8, 4) is 16.9 Å². The largest absolute Gasteiger partial charge is 0.496 e. The molecular formula is C36H40N4O7. The summed E-state index contributed by atoms with van der Waals surface area (Å²) in [5.41, 5.74) is 6.96. The molecule has 1 fully saturated rings. The summed E-state index contributed by atoms with van der Waals surface area (Å²) in [5.74, 6) is -1.58. The van der Waals surface area contributed by atoms with Crippen LogP contribution in [0.15, 0.2) is 55.1 Å². The molecule has 2 aromatic carbocycles. The number of carbonyl (C=O) groups excluding carboxylic acids is 4. The molecular weight excluding hydrogens is 600 g/mol. The topological polar surface area (TPSA) is 171 Å². The van der Waals surface area contributed by atoms with E-state index in [2.05, 4.69) is 16.9 Å². The summed E-state index contributed by atoms with van der Waals surface area (Å²) in [4.78, 5) is 57.5. The fourth-order valence-corrected chi connectivity index (χ4v) is 4.64. The molecule has 11 heteroatoms. The van der Waals surface area contributed by atoms with Crippen molar-refractivity contribution in [2.45, 2.75) is 53.2 Å². The van der Waals surface area contributed by atoms with Crippen LogP contribution in [0.1, 0.15) is 88.6 Å². The van der Waals surface area contributed by atoms with Gasteiger partial charge in [0.2, 0.25) is 6.29 Å². The minimum Gasteiger partial charge on any atom is -0.496 e. The van der Waals surface area contributed by atoms with E-state index in [-0.39, 0.29) is 40.6 Å². The number of carbonyl (C=O) groups is 4. The smallest absolute Gasteiger partial charge is 0.360 e. The highest BCUT2D eigenvalue weighted by Crippen LogP contribution is 2.35. The van der Waals surface area contributed by atoms with Crippen LogP contribution in [0.3, 0.4) is 0 Å². The summed E-state index contributed by atoms with van der Waals surface area (Å²) in [5, 5.41) is 10.5. The number of esters is 2. The normalized spacial score (nSPS) is 13.2. The maximum absolute atomic E-state index is 13.9. The zero-order valence-electron chi connectivity index (χ0n) is 27.3. The van der Waals surface area contributed by atoms with Gasteiger partial charge in [-0.2, -0.15) is 0 Å². The molecule has 1 aliphatic carbocycles. The summed E-state index contributed by atoms with van der Waals surface area (Å²) in [6.45, 7) is 10.8. The number of hydrogen-bond donors (Lipinski definition) is 3. The lowest BCUT2D eigenvalue weighted by Gasteiger charge is -2.21. The first-order chi connectivity index (χ1) is 22.2. The summed E-state index contributed by atoms with van der Waals surface area (Å²) < 4.78 is 16.4. The van der Waals surface area contributed by atoms with Crippen LogP contribution < -0.4 is 15.8 Å². The number of hydrogen-bond acceptors (Lipinski definition) is 9. The van der Waals surface area contributed by atoms with Crippen LogP contribution in [0, 0.1) is 16.7 Å². The molecule has 3 aromatic rings. The molecule has 4 rings (SSSR count). The van der Waals surface area contributed by atoms with E-state index in [0.717, 1.165) is 12.8 Å². The van der Waals surface area contributed by atoms with Crippen LogP contribution in [0.4, 0.5) is 0 Å². The van der Waals surface area contributed by atoms with Crippen molar-refractivity contribution in [2.24, 2.45) is 17.1 Å². The number of nitrogen functional groups attached to an aromatic ring is 1. The number of ketones is 1. The van der Waals surface area contributed by atoms with Gasteiger partial charge in [0.1, 0.15) is 17.3 Å². The maximum atomic E-state index is 13.9. The van der Waals surface area contributed by atoms with Gasteiger partial charge >= 0.3 is 11.9 Å². The Morgan fingerprint density at radius 2 is 1.74 bits per heavy atom. The summed E-state index contributed by atoms with van der Waals surface area (Å²) in [6, 6.07) is 13.0. The Morgan fingerprint density at radius 3 is 2.32 bits per heavy atom. The zero-order valence-corrected chi connectivity index (χ0v) is 27.3. The number of pyridine rings is 1. The second-order valence-electron chi connectivity index (χ2n) is 12.4. The summed E-state index contributed by atoms with van der Waals surface area (Å²) in [6.07, 6.45) is 2.34. The van der Waals surface area contributed by atoms with Crippen molar-refractivity contribution in [2.75, 3.05) is 13.7 Å². The van der Waals surface area contributed by atoms with Crippen molar-refractivity contribution >= 4 is 35.5 Å². The number of aromatic nitrogens is 1. The van der Waals surface area contributed by atoms with E-state index in [1.165, 1.54) is 26.2 Å². The lowest BCUT2D eigenvalue weighted by Crippen LogP contribution is -2.30. The first-order valence-electron chi connectivity index (χ1n) is 15.2. The van der Waals surface area contributed by atoms with Gasteiger partial charge in [-0.25, -0.2) is 9.78 Å². The van der Waals surface area contributed by atoms with Crippen LogP contribution in [-0.4, -0.2) is 54.4 Å². The number of nitrogens with one attached hydrogen (secondary N) is 2. The van der Waals surface area contributed by atoms with E-state index in [1.807, 2.05) is 0 Å². The van der Waals surface area contributed by atoms with Gasteiger partial charge in [0.05, 0.1) is 12.5 Å². The number of rotatable bonds is 13. The fraction of sp³-hybridized carbons (Fsp3) is 0.333. The van der Waals surface area contributed by atoms with Gasteiger partial charge in [-0.15, -0.1) is 0 Å². The summed E-state index contributed by atoms with van der Waals surface area (Å²) >= 11 is 0. The minimum atomic E-state index is -1.27. The highest BCUT2D eigenvalue weighted by molar-refractivity contribution is 6.07. The van der Waals surface area contributed by atoms with Crippen LogP contribution >= 0.6 is 0 Å². The third-order valence-corrected chi connectivity index (χ3v) is 7.54. The van der Waals surface area contributed by atoms with Crippen LogP contribution in [0.2, 0.25) is 0 Å². The third kappa shape index (κ3) is 8.69. The number of amidine groups is 1. The highest BCUT2D eigenvalue weighted by Gasteiger charge is 2.29. The first kappa shape index (κ1) is 34.6. The Morgan fingerprint density at radius 1 is 1.06 bits per heavy atom. The molecule has 0 spiro atoms. The Kier molecular flexibility index (Phi) is 10.6. The van der Waals surface area contributed by atoms with Crippen LogP contribution in [-0.2, 0) is 20.7 Å². The van der Waals surface area contributed by atoms with E-state index in [9.17, 15) is 19.2 Å². The van der Waals surface area contributed by atoms with Gasteiger partial charge < -0.3 is 25.3 Å². The molecule has 11 nitrogen and oxygen atoms in total. The van der Waals surface area contributed by atoms with Crippen molar-refractivity contribution in [3.05, 3.63) is 88.8 Å². The predicted molar refractivity (Wildman–Crippen MR) is 177 cm³/mol. The number of Topliss-reactive ketones (excluding diaryl/α,β-unsaturated/α-hetero) is 1. The minimum absolute atomic E-state index is 0.0112. The molecule has 246 valence electrons. The molecule has 0 radical (unpaired) electrons. The fourth-order valence-electron chi connectivity index (χ4n) is 4.64. The highest BCUT2D eigenvalue weighted by atomic mass is 16.7. The molecule has 1 atom stereocenters. The van der Waals surface area contributed by atoms with E-state index in [0.29, 0.717) is 40.5 Å². The van der Waals surface area contributed by atoms with Gasteiger partial charge in [-0.05, 0) is 74.9 Å². The molecule has 1 amide bonds. The van der Waals surface area contributed by atoms with E-state index in [1.54, 1.807) is 63.2 Å². The zero-order chi connectivity index (χ0) is 34.5. The molecule has 1 aliphatic rings. The number of ether oxygens (including phenoxy) is 3. The van der Waals surface area contributed by atoms with Gasteiger partial charge in [-0.3, -0.25) is 19.8 Å². The second-order valence-corrected chi connectivity index (χ2v) is 12.4. The average Bonchev–Trinajstić information content (AvgIpc) is 3.87. The Labute approximate surface area is 274 Å². The maximum Gasteiger partial charge on any atom is 0.360 e. The molecule has 0 bridgehead atoms. The number of amides is 1. The number of nitrogens with zero attached hydrogens (tertiary/aromatic N) is 1. The molecule has 47 heavy (non-hydrogen) atoms. The SMILES string of the molecule is C=Cc1cc(C(=O)Cc2ccc(C(=N)N)cc2)c(-c2ccc(C(=O)NCC3CC3)nc2C(=O)OC(C)OC(=O)C(C)(C)C)cc1OC. The molecule has 1 heterocycles. The predicted octanol–water partition coefficient (Wildman–Crippen LogP) is 5.34. The quantitative estimate of drug-likeness (QED) is 0.0733. The van der Waals surface area contributed by atoms with Crippen LogP contribution in [0.25, 0.3) is 17.2 Å². The molecule has 1 unspecified atom stereocenters. The van der Waals surface area contributed by atoms with Crippen molar-refractivity contribution in [1.82, 2.24) is 10.3 Å². The standard InChI is InChI=1S/C36H40N4O7/c1-7-23-17-27(29(41)16-21-10-12-24(13-11-21)32(37)38)26(18-30(23)45-6)25-14-15-28(33(42)39-19-22-8-9-22)40-31(25)34(43)46-20(2)47-35(44)36(3,4)5/h7,10-15,17-18,20,22H,1,8-9,16,19H2,2-6H3,(H3,37,38)(H,39,42). The molecule has 4 N–H and O–H groups in total. The third-order valence-electron chi connectivity index (χ3n) is 7.54. The Balaban J connectivity index is 1.79. The van der Waals surface area contributed by atoms with Gasteiger partial charge in [-0.1, -0.05) is 36.9 Å². The van der Waals surface area contributed by atoms with E-state index < -0.39 is 29.6 Å². The lowest BCUT2D eigenvalue weighted by atomic mass is 9.90. The first-order valence-corrected chi connectivity index (χ1v) is 15.2. The number of methoxy groups -OCH3 is 1. The second kappa shape index (κ2) is 14.4. The Bertz CT molecular complexity index is 1720. The van der Waals surface area contributed by atoms with Gasteiger partial charge in [0.15, 0.2) is 11.5 Å². The lowest BCUT2D eigenvalue weighted by molar-refractivity contribution is -0.174. The van der Waals surface area contributed by atoms with Gasteiger partial charge in [0.25, 0.3) is 5.91 Å². The van der Waals surface area contributed by atoms with Crippen molar-refractivity contribution in [1.29, 1.82) is 5.41 Å². The molecule has 0 saturated heterocycles. The monoisotopic (exact) mass is 640 g/mol. The van der Waals surface area contributed by atoms with E-state index in [4.69, 9.17) is 25.4 Å². The summed E-state index contributed by atoms with van der Waals surface area (Å²) in [7, 11) is 1.47. The van der Waals surface area contributed by atoms with Crippen LogP contribution in [0.5, 0.6) is 5.75 Å². The molecule has 1 saturated carbocycles.